The van der Waals surface area contributed by atoms with Crippen molar-refractivity contribution in [1.29, 1.82) is 0 Å². The van der Waals surface area contributed by atoms with Gasteiger partial charge in [0.25, 0.3) is 0 Å². The van der Waals surface area contributed by atoms with E-state index in [0.29, 0.717) is 12.1 Å². The van der Waals surface area contributed by atoms with Crippen LogP contribution in [-0.4, -0.2) is 31.6 Å². The summed E-state index contributed by atoms with van der Waals surface area (Å²) in [5, 5.41) is 3.49. The minimum Gasteiger partial charge on any atom is -0.312 e. The highest BCUT2D eigenvalue weighted by atomic mass is 15.2. The van der Waals surface area contributed by atoms with Crippen molar-refractivity contribution in [2.75, 3.05) is 20.6 Å². The Kier molecular flexibility index (Phi) is 7.86. The van der Waals surface area contributed by atoms with Crippen LogP contribution in [0, 0.1) is 0 Å². The standard InChI is InChI=1S/C18H32N2/c1-6-8-9-14-20(5)15(3)18(19-4)17-12-10-16(7-2)11-13-17/h10-13,15,18-19H,6-9,14H2,1-5H3. The molecular weight excluding hydrogens is 244 g/mol. The van der Waals surface area contributed by atoms with Crippen LogP contribution < -0.4 is 5.32 Å². The van der Waals surface area contributed by atoms with E-state index in [9.17, 15) is 0 Å². The van der Waals surface area contributed by atoms with Crippen molar-refractivity contribution in [1.82, 2.24) is 10.2 Å². The number of aryl methyl sites for hydroxylation is 1. The molecule has 0 aliphatic rings. The van der Waals surface area contributed by atoms with Crippen LogP contribution >= 0.6 is 0 Å². The Morgan fingerprint density at radius 1 is 1.10 bits per heavy atom. The molecule has 0 bridgehead atoms. The molecule has 2 atom stereocenters. The molecule has 1 N–H and O–H groups in total. The zero-order valence-corrected chi connectivity index (χ0v) is 13.9. The number of hydrogen-bond acceptors (Lipinski definition) is 2. The molecule has 1 rings (SSSR count). The van der Waals surface area contributed by atoms with E-state index >= 15 is 0 Å². The zero-order chi connectivity index (χ0) is 15.0. The van der Waals surface area contributed by atoms with Gasteiger partial charge in [0.15, 0.2) is 0 Å². The van der Waals surface area contributed by atoms with Gasteiger partial charge in [0, 0.05) is 12.1 Å². The fraction of sp³-hybridized carbons (Fsp3) is 0.667. The summed E-state index contributed by atoms with van der Waals surface area (Å²) in [7, 11) is 4.31. The predicted octanol–water partition coefficient (Wildman–Crippen LogP) is 4.02. The molecule has 0 aliphatic heterocycles. The van der Waals surface area contributed by atoms with Gasteiger partial charge in [-0.1, -0.05) is 51.0 Å². The van der Waals surface area contributed by atoms with Crippen LogP contribution in [0.2, 0.25) is 0 Å². The van der Waals surface area contributed by atoms with Gasteiger partial charge in [0.2, 0.25) is 0 Å². The van der Waals surface area contributed by atoms with Gasteiger partial charge in [-0.2, -0.15) is 0 Å². The molecule has 114 valence electrons. The number of unbranched alkanes of at least 4 members (excludes halogenated alkanes) is 2. The fourth-order valence-corrected chi connectivity index (χ4v) is 2.72. The molecule has 0 heterocycles. The Balaban J connectivity index is 2.67. The van der Waals surface area contributed by atoms with Crippen molar-refractivity contribution in [2.24, 2.45) is 0 Å². The number of nitrogens with zero attached hydrogens (tertiary/aromatic N) is 1. The summed E-state index contributed by atoms with van der Waals surface area (Å²) in [5.41, 5.74) is 2.80. The summed E-state index contributed by atoms with van der Waals surface area (Å²) >= 11 is 0. The Morgan fingerprint density at radius 3 is 2.25 bits per heavy atom. The molecule has 2 nitrogen and oxygen atoms in total. The average molecular weight is 276 g/mol. The molecule has 20 heavy (non-hydrogen) atoms. The first kappa shape index (κ1) is 17.2. The number of hydrogen-bond donors (Lipinski definition) is 1. The lowest BCUT2D eigenvalue weighted by atomic mass is 9.97. The van der Waals surface area contributed by atoms with Gasteiger partial charge in [-0.3, -0.25) is 0 Å². The van der Waals surface area contributed by atoms with Gasteiger partial charge < -0.3 is 10.2 Å². The van der Waals surface area contributed by atoms with Crippen molar-refractivity contribution < 1.29 is 0 Å². The normalized spacial score (nSPS) is 14.5. The molecule has 0 saturated carbocycles. The number of likely N-dealkylation sites (N-methyl/N-ethyl adjacent to an activating group) is 2. The van der Waals surface area contributed by atoms with Crippen LogP contribution in [0.1, 0.15) is 57.2 Å². The molecule has 0 aliphatic carbocycles. The van der Waals surface area contributed by atoms with Gasteiger partial charge in [0.05, 0.1) is 0 Å². The highest BCUT2D eigenvalue weighted by Gasteiger charge is 2.20. The first-order chi connectivity index (χ1) is 9.63. The molecule has 0 radical (unpaired) electrons. The molecule has 2 unspecified atom stereocenters. The second kappa shape index (κ2) is 9.15. The predicted molar refractivity (Wildman–Crippen MR) is 89.2 cm³/mol. The first-order valence-electron chi connectivity index (χ1n) is 8.10. The first-order valence-corrected chi connectivity index (χ1v) is 8.10. The maximum atomic E-state index is 3.49. The van der Waals surface area contributed by atoms with Crippen LogP contribution in [0.15, 0.2) is 24.3 Å². The van der Waals surface area contributed by atoms with Crippen LogP contribution in [0.4, 0.5) is 0 Å². The Labute approximate surface area is 125 Å². The number of benzene rings is 1. The maximum absolute atomic E-state index is 3.49. The van der Waals surface area contributed by atoms with Gasteiger partial charge in [-0.25, -0.2) is 0 Å². The molecule has 0 spiro atoms. The number of nitrogens with one attached hydrogen (secondary N) is 1. The average Bonchev–Trinajstić information content (AvgIpc) is 2.48. The molecule has 0 aromatic heterocycles. The fourth-order valence-electron chi connectivity index (χ4n) is 2.72. The van der Waals surface area contributed by atoms with Crippen molar-refractivity contribution in [2.45, 2.75) is 58.5 Å². The molecular formula is C18H32N2. The van der Waals surface area contributed by atoms with E-state index in [0.717, 1.165) is 6.42 Å². The van der Waals surface area contributed by atoms with E-state index in [1.54, 1.807) is 0 Å². The van der Waals surface area contributed by atoms with Gasteiger partial charge in [-0.05, 0) is 51.5 Å². The van der Waals surface area contributed by atoms with E-state index in [4.69, 9.17) is 0 Å². The van der Waals surface area contributed by atoms with E-state index in [1.165, 1.54) is 36.9 Å². The van der Waals surface area contributed by atoms with Gasteiger partial charge in [0.1, 0.15) is 0 Å². The van der Waals surface area contributed by atoms with Crippen molar-refractivity contribution in [3.63, 3.8) is 0 Å². The lowest BCUT2D eigenvalue weighted by Gasteiger charge is -2.32. The Hall–Kier alpha value is -0.860. The molecule has 1 aromatic carbocycles. The number of rotatable bonds is 9. The van der Waals surface area contributed by atoms with Gasteiger partial charge >= 0.3 is 0 Å². The molecule has 0 fully saturated rings. The van der Waals surface area contributed by atoms with Crippen LogP contribution in [-0.2, 0) is 6.42 Å². The zero-order valence-electron chi connectivity index (χ0n) is 13.9. The third-order valence-corrected chi connectivity index (χ3v) is 4.35. The largest absolute Gasteiger partial charge is 0.312 e. The van der Waals surface area contributed by atoms with E-state index < -0.39 is 0 Å². The maximum Gasteiger partial charge on any atom is 0.0472 e. The summed E-state index contributed by atoms with van der Waals surface area (Å²) in [6.07, 6.45) is 5.02. The highest BCUT2D eigenvalue weighted by molar-refractivity contribution is 5.26. The van der Waals surface area contributed by atoms with Crippen LogP contribution in [0.25, 0.3) is 0 Å². The Bertz CT molecular complexity index is 358. The van der Waals surface area contributed by atoms with Crippen LogP contribution in [0.5, 0.6) is 0 Å². The Morgan fingerprint density at radius 2 is 1.75 bits per heavy atom. The van der Waals surface area contributed by atoms with E-state index in [2.05, 4.69) is 69.3 Å². The lowest BCUT2D eigenvalue weighted by Crippen LogP contribution is -2.40. The minimum absolute atomic E-state index is 0.396. The molecule has 0 amide bonds. The summed E-state index contributed by atoms with van der Waals surface area (Å²) in [6.45, 7) is 7.96. The van der Waals surface area contributed by atoms with Crippen LogP contribution in [0.3, 0.4) is 0 Å². The second-order valence-corrected chi connectivity index (χ2v) is 5.79. The smallest absolute Gasteiger partial charge is 0.0472 e. The third kappa shape index (κ3) is 4.92. The molecule has 2 heteroatoms. The minimum atomic E-state index is 0.396. The molecule has 0 saturated heterocycles. The van der Waals surface area contributed by atoms with Gasteiger partial charge in [-0.15, -0.1) is 0 Å². The summed E-state index contributed by atoms with van der Waals surface area (Å²) in [6, 6.07) is 9.96. The van der Waals surface area contributed by atoms with Crippen molar-refractivity contribution >= 4 is 0 Å². The highest BCUT2D eigenvalue weighted by Crippen LogP contribution is 2.21. The quantitative estimate of drug-likeness (QED) is 0.685. The lowest BCUT2D eigenvalue weighted by molar-refractivity contribution is 0.208. The van der Waals surface area contributed by atoms with Crippen molar-refractivity contribution in [3.05, 3.63) is 35.4 Å². The summed E-state index contributed by atoms with van der Waals surface area (Å²) < 4.78 is 0. The van der Waals surface area contributed by atoms with E-state index in [1.807, 2.05) is 0 Å². The third-order valence-electron chi connectivity index (χ3n) is 4.35. The molecule has 1 aromatic rings. The second-order valence-electron chi connectivity index (χ2n) is 5.79. The topological polar surface area (TPSA) is 15.3 Å². The van der Waals surface area contributed by atoms with E-state index in [-0.39, 0.29) is 0 Å². The SMILES string of the molecule is CCCCCN(C)C(C)C(NC)c1ccc(CC)cc1. The van der Waals surface area contributed by atoms with Crippen molar-refractivity contribution in [3.8, 4) is 0 Å². The monoisotopic (exact) mass is 276 g/mol. The summed E-state index contributed by atoms with van der Waals surface area (Å²) in [5.74, 6) is 0. The summed E-state index contributed by atoms with van der Waals surface area (Å²) in [4.78, 5) is 2.48.